The van der Waals surface area contributed by atoms with Crippen LogP contribution in [0.15, 0.2) is 40.9 Å². The van der Waals surface area contributed by atoms with Crippen molar-refractivity contribution in [1.82, 2.24) is 4.98 Å². The van der Waals surface area contributed by atoms with Gasteiger partial charge >= 0.3 is 0 Å². The van der Waals surface area contributed by atoms with Crippen LogP contribution in [0.4, 0.5) is 5.13 Å². The topological polar surface area (TPSA) is 42.0 Å². The molecule has 1 heterocycles. The van der Waals surface area contributed by atoms with Gasteiger partial charge in [-0.05, 0) is 55.3 Å². The lowest BCUT2D eigenvalue weighted by Gasteiger charge is -2.01. The number of rotatable bonds is 2. The van der Waals surface area contributed by atoms with Crippen molar-refractivity contribution in [3.63, 3.8) is 0 Å². The summed E-state index contributed by atoms with van der Waals surface area (Å²) >= 11 is 4.86. The fraction of sp³-hybridized carbons (Fsp3) is 0.125. The van der Waals surface area contributed by atoms with Gasteiger partial charge in [-0.25, -0.2) is 4.98 Å². The van der Waals surface area contributed by atoms with Gasteiger partial charge in [0.2, 0.25) is 0 Å². The van der Waals surface area contributed by atoms with Crippen LogP contribution in [0.1, 0.15) is 21.5 Å². The molecular formula is C16H13BrN2OS. The molecule has 0 saturated carbocycles. The van der Waals surface area contributed by atoms with Gasteiger partial charge in [0.1, 0.15) is 0 Å². The van der Waals surface area contributed by atoms with E-state index in [9.17, 15) is 4.79 Å². The predicted octanol–water partition coefficient (Wildman–Crippen LogP) is 4.93. The molecule has 0 spiro atoms. The molecular weight excluding hydrogens is 348 g/mol. The number of halogens is 1. The molecule has 106 valence electrons. The van der Waals surface area contributed by atoms with Crippen molar-refractivity contribution < 1.29 is 4.79 Å². The van der Waals surface area contributed by atoms with Gasteiger partial charge in [0.15, 0.2) is 5.13 Å². The summed E-state index contributed by atoms with van der Waals surface area (Å²) in [6.45, 7) is 4.10. The molecule has 1 aromatic heterocycles. The lowest BCUT2D eigenvalue weighted by Crippen LogP contribution is -2.11. The number of hydrogen-bond donors (Lipinski definition) is 1. The zero-order valence-corrected chi connectivity index (χ0v) is 14.0. The summed E-state index contributed by atoms with van der Waals surface area (Å²) in [4.78, 5) is 16.7. The second-order valence-corrected chi connectivity index (χ2v) is 6.85. The third-order valence-corrected chi connectivity index (χ3v) is 4.60. The molecule has 3 rings (SSSR count). The van der Waals surface area contributed by atoms with E-state index in [-0.39, 0.29) is 5.91 Å². The number of benzene rings is 2. The van der Waals surface area contributed by atoms with Crippen LogP contribution < -0.4 is 5.32 Å². The van der Waals surface area contributed by atoms with Crippen LogP contribution in [0.25, 0.3) is 10.2 Å². The molecule has 0 aliphatic heterocycles. The molecule has 0 radical (unpaired) electrons. The first-order valence-corrected chi connectivity index (χ1v) is 8.08. The Bertz CT molecular complexity index is 824. The van der Waals surface area contributed by atoms with Crippen LogP contribution in [0.2, 0.25) is 0 Å². The van der Waals surface area contributed by atoms with E-state index in [2.05, 4.69) is 45.3 Å². The van der Waals surface area contributed by atoms with Crippen LogP contribution in [0.5, 0.6) is 0 Å². The number of anilines is 1. The number of aryl methyl sites for hydroxylation is 2. The highest BCUT2D eigenvalue weighted by Gasteiger charge is 2.11. The SMILES string of the molecule is Cc1cc(C)c2nc(NC(=O)c3ccc(Br)cc3)sc2c1. The number of hydrogen-bond acceptors (Lipinski definition) is 3. The van der Waals surface area contributed by atoms with Gasteiger partial charge < -0.3 is 0 Å². The number of thiazole rings is 1. The molecule has 3 nitrogen and oxygen atoms in total. The van der Waals surface area contributed by atoms with Gasteiger partial charge in [-0.3, -0.25) is 10.1 Å². The minimum atomic E-state index is -0.143. The van der Waals surface area contributed by atoms with E-state index >= 15 is 0 Å². The number of fused-ring (bicyclic) bond motifs is 1. The van der Waals surface area contributed by atoms with Crippen molar-refractivity contribution in [3.05, 3.63) is 57.6 Å². The minimum Gasteiger partial charge on any atom is -0.298 e. The molecule has 0 fully saturated rings. The molecule has 5 heteroatoms. The van der Waals surface area contributed by atoms with E-state index in [1.807, 2.05) is 19.1 Å². The minimum absolute atomic E-state index is 0.143. The van der Waals surface area contributed by atoms with Crippen LogP contribution in [0.3, 0.4) is 0 Å². The van der Waals surface area contributed by atoms with Gasteiger partial charge in [0.05, 0.1) is 10.2 Å². The molecule has 0 atom stereocenters. The van der Waals surface area contributed by atoms with E-state index in [1.54, 1.807) is 12.1 Å². The van der Waals surface area contributed by atoms with Gasteiger partial charge in [-0.1, -0.05) is 33.3 Å². The molecule has 3 aromatic rings. The largest absolute Gasteiger partial charge is 0.298 e. The Balaban J connectivity index is 1.89. The van der Waals surface area contributed by atoms with Gasteiger partial charge in [0, 0.05) is 10.0 Å². The fourth-order valence-corrected chi connectivity index (χ4v) is 3.50. The lowest BCUT2D eigenvalue weighted by molar-refractivity contribution is 0.102. The average Bonchev–Trinajstić information content (AvgIpc) is 2.82. The summed E-state index contributed by atoms with van der Waals surface area (Å²) in [5, 5.41) is 3.50. The van der Waals surface area contributed by atoms with Crippen molar-refractivity contribution in [2.75, 3.05) is 5.32 Å². The maximum absolute atomic E-state index is 12.2. The zero-order valence-electron chi connectivity index (χ0n) is 11.6. The first-order valence-electron chi connectivity index (χ1n) is 6.47. The number of aromatic nitrogens is 1. The normalized spacial score (nSPS) is 10.8. The maximum Gasteiger partial charge on any atom is 0.257 e. The van der Waals surface area contributed by atoms with E-state index in [0.717, 1.165) is 20.3 Å². The Morgan fingerprint density at radius 2 is 1.90 bits per heavy atom. The molecule has 0 bridgehead atoms. The van der Waals surface area contributed by atoms with Crippen LogP contribution in [-0.4, -0.2) is 10.9 Å². The van der Waals surface area contributed by atoms with Crippen LogP contribution in [0, 0.1) is 13.8 Å². The summed E-state index contributed by atoms with van der Waals surface area (Å²) in [6, 6.07) is 11.4. The first kappa shape index (κ1) is 14.2. The first-order chi connectivity index (χ1) is 10.0. The molecule has 1 N–H and O–H groups in total. The average molecular weight is 361 g/mol. The number of amides is 1. The number of nitrogens with one attached hydrogen (secondary N) is 1. The van der Waals surface area contributed by atoms with Crippen molar-refractivity contribution in [1.29, 1.82) is 0 Å². The highest BCUT2D eigenvalue weighted by atomic mass is 79.9. The van der Waals surface area contributed by atoms with E-state index in [4.69, 9.17) is 0 Å². The Labute approximate surface area is 135 Å². The number of nitrogens with zero attached hydrogens (tertiary/aromatic N) is 1. The van der Waals surface area contributed by atoms with Crippen molar-refractivity contribution in [2.24, 2.45) is 0 Å². The summed E-state index contributed by atoms with van der Waals surface area (Å²) in [7, 11) is 0. The second kappa shape index (κ2) is 5.58. The highest BCUT2D eigenvalue weighted by Crippen LogP contribution is 2.29. The number of carbonyl (C=O) groups is 1. The molecule has 21 heavy (non-hydrogen) atoms. The quantitative estimate of drug-likeness (QED) is 0.703. The monoisotopic (exact) mass is 360 g/mol. The Hall–Kier alpha value is -1.72. The van der Waals surface area contributed by atoms with E-state index in [0.29, 0.717) is 10.7 Å². The lowest BCUT2D eigenvalue weighted by atomic mass is 10.1. The molecule has 0 aliphatic carbocycles. The molecule has 1 amide bonds. The standard InChI is InChI=1S/C16H13BrN2OS/c1-9-7-10(2)14-13(8-9)21-16(18-14)19-15(20)11-3-5-12(17)6-4-11/h3-8H,1-2H3,(H,18,19,20). The Kier molecular flexibility index (Phi) is 3.78. The third-order valence-electron chi connectivity index (χ3n) is 3.16. The number of carbonyl (C=O) groups excluding carboxylic acids is 1. The van der Waals surface area contributed by atoms with E-state index in [1.165, 1.54) is 16.9 Å². The van der Waals surface area contributed by atoms with Crippen molar-refractivity contribution in [2.45, 2.75) is 13.8 Å². The molecule has 0 aliphatic rings. The molecule has 2 aromatic carbocycles. The Morgan fingerprint density at radius 3 is 2.62 bits per heavy atom. The summed E-state index contributed by atoms with van der Waals surface area (Å²) < 4.78 is 2.05. The summed E-state index contributed by atoms with van der Waals surface area (Å²) in [5.74, 6) is -0.143. The zero-order chi connectivity index (χ0) is 15.0. The smallest absolute Gasteiger partial charge is 0.257 e. The second-order valence-electron chi connectivity index (χ2n) is 4.91. The summed E-state index contributed by atoms with van der Waals surface area (Å²) in [6.07, 6.45) is 0. The Morgan fingerprint density at radius 1 is 1.19 bits per heavy atom. The molecule has 0 saturated heterocycles. The summed E-state index contributed by atoms with van der Waals surface area (Å²) in [5.41, 5.74) is 3.90. The molecule has 0 unspecified atom stereocenters. The van der Waals surface area contributed by atoms with Crippen LogP contribution >= 0.6 is 27.3 Å². The fourth-order valence-electron chi connectivity index (χ4n) is 2.19. The van der Waals surface area contributed by atoms with Crippen molar-refractivity contribution in [3.8, 4) is 0 Å². The third kappa shape index (κ3) is 2.99. The maximum atomic E-state index is 12.2. The van der Waals surface area contributed by atoms with Gasteiger partial charge in [-0.15, -0.1) is 0 Å². The van der Waals surface area contributed by atoms with Gasteiger partial charge in [0.25, 0.3) is 5.91 Å². The van der Waals surface area contributed by atoms with Crippen molar-refractivity contribution >= 4 is 48.5 Å². The van der Waals surface area contributed by atoms with Crippen LogP contribution in [-0.2, 0) is 0 Å². The van der Waals surface area contributed by atoms with E-state index < -0.39 is 0 Å². The van der Waals surface area contributed by atoms with Gasteiger partial charge in [-0.2, -0.15) is 0 Å². The predicted molar refractivity (Wildman–Crippen MR) is 91.2 cm³/mol. The highest BCUT2D eigenvalue weighted by molar-refractivity contribution is 9.10.